The van der Waals surface area contributed by atoms with Crippen molar-refractivity contribution in [3.05, 3.63) is 112 Å². The SMILES string of the molecule is Cc1ccccc1CNC(=O)CN(CSC(C)C)C(=O)[C@@H](O)[C@H](Cc1ccccc1)NC(=O)/C=C/c1c(C)cccc1C. The van der Waals surface area contributed by atoms with Crippen LogP contribution in [0.2, 0.25) is 0 Å². The number of thioether (sulfide) groups is 1. The molecule has 3 rings (SSSR count). The van der Waals surface area contributed by atoms with Crippen LogP contribution in [0.3, 0.4) is 0 Å². The van der Waals surface area contributed by atoms with Gasteiger partial charge in [0.2, 0.25) is 11.8 Å². The first kappa shape index (κ1) is 33.6. The molecule has 0 aromatic heterocycles. The van der Waals surface area contributed by atoms with Crippen LogP contribution in [-0.4, -0.2) is 57.5 Å². The third-order valence-corrected chi connectivity index (χ3v) is 8.28. The fourth-order valence-corrected chi connectivity index (χ4v) is 5.30. The van der Waals surface area contributed by atoms with Gasteiger partial charge < -0.3 is 20.6 Å². The molecular weight excluding hydrogens is 558 g/mol. The lowest BCUT2D eigenvalue weighted by molar-refractivity contribution is -0.144. The summed E-state index contributed by atoms with van der Waals surface area (Å²) in [5, 5.41) is 17.3. The molecule has 0 saturated heterocycles. The highest BCUT2D eigenvalue weighted by molar-refractivity contribution is 7.99. The molecule has 0 spiro atoms. The molecule has 0 unspecified atom stereocenters. The van der Waals surface area contributed by atoms with Crippen molar-refractivity contribution in [2.75, 3.05) is 12.4 Å². The van der Waals surface area contributed by atoms with E-state index in [4.69, 9.17) is 0 Å². The van der Waals surface area contributed by atoms with Gasteiger partial charge in [-0.25, -0.2) is 0 Å². The maximum Gasteiger partial charge on any atom is 0.254 e. The Balaban J connectivity index is 1.77. The number of hydrogen-bond donors (Lipinski definition) is 3. The van der Waals surface area contributed by atoms with Crippen LogP contribution in [0.15, 0.2) is 78.9 Å². The lowest BCUT2D eigenvalue weighted by Gasteiger charge is -2.29. The molecule has 0 heterocycles. The van der Waals surface area contributed by atoms with E-state index in [1.54, 1.807) is 6.08 Å². The minimum absolute atomic E-state index is 0.206. The summed E-state index contributed by atoms with van der Waals surface area (Å²) in [7, 11) is 0. The molecule has 0 saturated carbocycles. The van der Waals surface area contributed by atoms with Crippen molar-refractivity contribution in [2.24, 2.45) is 0 Å². The lowest BCUT2D eigenvalue weighted by Crippen LogP contribution is -2.54. The smallest absolute Gasteiger partial charge is 0.254 e. The Labute approximate surface area is 259 Å². The van der Waals surface area contributed by atoms with E-state index in [0.29, 0.717) is 6.54 Å². The highest BCUT2D eigenvalue weighted by Crippen LogP contribution is 2.17. The summed E-state index contributed by atoms with van der Waals surface area (Å²) < 4.78 is 0. The summed E-state index contributed by atoms with van der Waals surface area (Å²) in [5.41, 5.74) is 5.94. The molecule has 3 N–H and O–H groups in total. The third kappa shape index (κ3) is 10.7. The van der Waals surface area contributed by atoms with Crippen LogP contribution >= 0.6 is 11.8 Å². The molecule has 3 aromatic rings. The van der Waals surface area contributed by atoms with Gasteiger partial charge in [-0.05, 0) is 66.6 Å². The second-order valence-electron chi connectivity index (χ2n) is 11.0. The molecule has 3 amide bonds. The molecule has 0 bridgehead atoms. The van der Waals surface area contributed by atoms with E-state index in [1.165, 1.54) is 22.7 Å². The Morgan fingerprint density at radius 2 is 1.51 bits per heavy atom. The molecule has 43 heavy (non-hydrogen) atoms. The Morgan fingerprint density at radius 3 is 2.16 bits per heavy atom. The summed E-state index contributed by atoms with van der Waals surface area (Å²) in [6.45, 7) is 10.1. The maximum atomic E-state index is 13.7. The standard InChI is InChI=1S/C35H43N3O4S/c1-24(2)43-23-38(22-33(40)36-21-29-17-10-9-12-25(29)3)35(42)34(41)31(20-28-15-7-6-8-16-28)37-32(39)19-18-30-26(4)13-11-14-27(30)5/h6-19,24,31,34,41H,20-23H2,1-5H3,(H,36,40)(H,37,39)/b19-18+/t31-,34-/m0/s1. The number of carbonyl (C=O) groups excluding carboxylic acids is 3. The van der Waals surface area contributed by atoms with Crippen LogP contribution in [0.5, 0.6) is 0 Å². The molecule has 8 heteroatoms. The summed E-state index contributed by atoms with van der Waals surface area (Å²) >= 11 is 1.50. The highest BCUT2D eigenvalue weighted by Gasteiger charge is 2.32. The van der Waals surface area contributed by atoms with Gasteiger partial charge >= 0.3 is 0 Å². The second-order valence-corrected chi connectivity index (χ2v) is 12.5. The molecule has 2 atom stereocenters. The zero-order valence-corrected chi connectivity index (χ0v) is 26.5. The Morgan fingerprint density at radius 1 is 0.884 bits per heavy atom. The first-order valence-electron chi connectivity index (χ1n) is 14.5. The van der Waals surface area contributed by atoms with Crippen LogP contribution in [-0.2, 0) is 27.3 Å². The minimum Gasteiger partial charge on any atom is -0.381 e. The summed E-state index contributed by atoms with van der Waals surface area (Å²) in [5.74, 6) is -1.13. The number of nitrogens with zero attached hydrogens (tertiary/aromatic N) is 1. The topological polar surface area (TPSA) is 98.7 Å². The molecule has 7 nitrogen and oxygen atoms in total. The number of aliphatic hydroxyl groups is 1. The van der Waals surface area contributed by atoms with Crippen molar-refractivity contribution in [2.45, 2.75) is 65.0 Å². The number of benzene rings is 3. The quantitative estimate of drug-likeness (QED) is 0.179. The van der Waals surface area contributed by atoms with Gasteiger partial charge in [0.25, 0.3) is 5.91 Å². The number of aliphatic hydroxyl groups excluding tert-OH is 1. The zero-order chi connectivity index (χ0) is 31.4. The van der Waals surface area contributed by atoms with Crippen molar-refractivity contribution < 1.29 is 19.5 Å². The first-order valence-corrected chi connectivity index (χ1v) is 15.6. The van der Waals surface area contributed by atoms with Crippen molar-refractivity contribution in [1.82, 2.24) is 15.5 Å². The van der Waals surface area contributed by atoms with Gasteiger partial charge in [-0.3, -0.25) is 14.4 Å². The Kier molecular flexibility index (Phi) is 13.0. The zero-order valence-electron chi connectivity index (χ0n) is 25.7. The van der Waals surface area contributed by atoms with Gasteiger partial charge in [0.05, 0.1) is 11.9 Å². The maximum absolute atomic E-state index is 13.7. The number of nitrogens with one attached hydrogen (secondary N) is 2. The van der Waals surface area contributed by atoms with E-state index < -0.39 is 24.0 Å². The molecule has 0 aliphatic rings. The van der Waals surface area contributed by atoms with Crippen LogP contribution in [0.1, 0.15) is 47.2 Å². The monoisotopic (exact) mass is 601 g/mol. The van der Waals surface area contributed by atoms with E-state index in [1.807, 2.05) is 107 Å². The average molecular weight is 602 g/mol. The normalized spacial score (nSPS) is 12.6. The summed E-state index contributed by atoms with van der Waals surface area (Å²) in [6, 6.07) is 22.2. The highest BCUT2D eigenvalue weighted by atomic mass is 32.2. The van der Waals surface area contributed by atoms with Gasteiger partial charge in [0.1, 0.15) is 6.54 Å². The van der Waals surface area contributed by atoms with Gasteiger partial charge in [0.15, 0.2) is 6.10 Å². The molecular formula is C35H43N3O4S. The Bertz CT molecular complexity index is 1390. The number of aryl methyl sites for hydroxylation is 3. The Hall–Kier alpha value is -3.88. The van der Waals surface area contributed by atoms with E-state index in [-0.39, 0.29) is 30.0 Å². The van der Waals surface area contributed by atoms with Gasteiger partial charge in [-0.1, -0.05) is 86.6 Å². The number of amides is 3. The third-order valence-electron chi connectivity index (χ3n) is 7.15. The van der Waals surface area contributed by atoms with Gasteiger partial charge in [0, 0.05) is 17.9 Å². The molecule has 228 valence electrons. The van der Waals surface area contributed by atoms with Gasteiger partial charge in [-0.15, -0.1) is 11.8 Å². The van der Waals surface area contributed by atoms with Gasteiger partial charge in [-0.2, -0.15) is 0 Å². The van der Waals surface area contributed by atoms with E-state index in [0.717, 1.165) is 33.4 Å². The van der Waals surface area contributed by atoms with Crippen molar-refractivity contribution in [1.29, 1.82) is 0 Å². The van der Waals surface area contributed by atoms with Crippen LogP contribution < -0.4 is 10.6 Å². The fraction of sp³-hybridized carbons (Fsp3) is 0.343. The van der Waals surface area contributed by atoms with Crippen LogP contribution in [0, 0.1) is 20.8 Å². The number of rotatable bonds is 14. The number of carbonyl (C=O) groups is 3. The molecule has 0 aliphatic carbocycles. The van der Waals surface area contributed by atoms with Crippen molar-refractivity contribution >= 4 is 35.6 Å². The summed E-state index contributed by atoms with van der Waals surface area (Å²) in [4.78, 5) is 41.1. The minimum atomic E-state index is -1.56. The predicted octanol–water partition coefficient (Wildman–Crippen LogP) is 4.96. The van der Waals surface area contributed by atoms with E-state index >= 15 is 0 Å². The van der Waals surface area contributed by atoms with Crippen LogP contribution in [0.25, 0.3) is 6.08 Å². The second kappa shape index (κ2) is 16.7. The number of hydrogen-bond acceptors (Lipinski definition) is 5. The lowest BCUT2D eigenvalue weighted by atomic mass is 9.99. The van der Waals surface area contributed by atoms with E-state index in [2.05, 4.69) is 10.6 Å². The first-order chi connectivity index (χ1) is 20.5. The average Bonchev–Trinajstić information content (AvgIpc) is 2.98. The largest absolute Gasteiger partial charge is 0.381 e. The summed E-state index contributed by atoms with van der Waals surface area (Å²) in [6.07, 6.45) is 1.85. The van der Waals surface area contributed by atoms with Crippen LogP contribution in [0.4, 0.5) is 0 Å². The van der Waals surface area contributed by atoms with E-state index in [9.17, 15) is 19.5 Å². The fourth-order valence-electron chi connectivity index (χ4n) is 4.61. The van der Waals surface area contributed by atoms with Crippen molar-refractivity contribution in [3.8, 4) is 0 Å². The molecule has 0 aliphatic heterocycles. The molecule has 0 fully saturated rings. The molecule has 0 radical (unpaired) electrons. The molecule has 3 aromatic carbocycles. The predicted molar refractivity (Wildman–Crippen MR) is 175 cm³/mol. The van der Waals surface area contributed by atoms with Crippen molar-refractivity contribution in [3.63, 3.8) is 0 Å².